The van der Waals surface area contributed by atoms with Gasteiger partial charge in [-0.15, -0.1) is 0 Å². The van der Waals surface area contributed by atoms with Crippen molar-refractivity contribution in [2.24, 2.45) is 11.8 Å². The second-order valence-corrected chi connectivity index (χ2v) is 3.84. The molecule has 0 aromatic rings. The van der Waals surface area contributed by atoms with E-state index in [0.717, 1.165) is 19.4 Å². The van der Waals surface area contributed by atoms with Crippen molar-refractivity contribution in [3.63, 3.8) is 0 Å². The molecule has 2 nitrogen and oxygen atoms in total. The Morgan fingerprint density at radius 3 is 3.08 bits per heavy atom. The minimum absolute atomic E-state index is 0.248. The third-order valence-electron chi connectivity index (χ3n) is 2.97. The van der Waals surface area contributed by atoms with Crippen LogP contribution in [-0.4, -0.2) is 12.5 Å². The Kier molecular flexibility index (Phi) is 3.57. The summed E-state index contributed by atoms with van der Waals surface area (Å²) < 4.78 is 0. The lowest BCUT2D eigenvalue weighted by molar-refractivity contribution is -0.121. The third kappa shape index (κ3) is 2.50. The monoisotopic (exact) mass is 169 g/mol. The minimum Gasteiger partial charge on any atom is -0.356 e. The van der Waals surface area contributed by atoms with E-state index in [0.29, 0.717) is 11.8 Å². The minimum atomic E-state index is 0.248. The number of carbonyl (C=O) groups excluding carboxylic acids is 1. The summed E-state index contributed by atoms with van der Waals surface area (Å²) in [7, 11) is 0. The van der Waals surface area contributed by atoms with E-state index in [9.17, 15) is 4.79 Å². The molecular weight excluding hydrogens is 150 g/mol. The van der Waals surface area contributed by atoms with E-state index >= 15 is 0 Å². The number of carbonyl (C=O) groups is 1. The van der Waals surface area contributed by atoms with Crippen molar-refractivity contribution in [2.45, 2.75) is 39.5 Å². The molecule has 0 bridgehead atoms. The van der Waals surface area contributed by atoms with Gasteiger partial charge in [0.15, 0.2) is 0 Å². The van der Waals surface area contributed by atoms with E-state index in [1.165, 1.54) is 12.8 Å². The van der Waals surface area contributed by atoms with Crippen LogP contribution in [0.5, 0.6) is 0 Å². The average molecular weight is 169 g/mol. The Labute approximate surface area is 74.7 Å². The van der Waals surface area contributed by atoms with Crippen LogP contribution < -0.4 is 5.32 Å². The molecule has 1 fully saturated rings. The zero-order valence-electron chi connectivity index (χ0n) is 8.10. The summed E-state index contributed by atoms with van der Waals surface area (Å²) in [5, 5.41) is 2.91. The summed E-state index contributed by atoms with van der Waals surface area (Å²) in [6, 6.07) is 0. The molecule has 0 aromatic carbocycles. The van der Waals surface area contributed by atoms with Crippen molar-refractivity contribution < 1.29 is 4.79 Å². The van der Waals surface area contributed by atoms with E-state index in [-0.39, 0.29) is 5.91 Å². The zero-order valence-corrected chi connectivity index (χ0v) is 8.10. The second kappa shape index (κ2) is 4.48. The molecule has 0 saturated carbocycles. The van der Waals surface area contributed by atoms with Gasteiger partial charge in [-0.3, -0.25) is 4.79 Å². The first-order valence-electron chi connectivity index (χ1n) is 5.00. The van der Waals surface area contributed by atoms with Crippen molar-refractivity contribution in [3.8, 4) is 0 Å². The van der Waals surface area contributed by atoms with Crippen LogP contribution in [0.15, 0.2) is 0 Å². The molecule has 2 heteroatoms. The molecule has 1 heterocycles. The molecule has 0 aliphatic carbocycles. The van der Waals surface area contributed by atoms with E-state index in [1.807, 2.05) is 0 Å². The van der Waals surface area contributed by atoms with E-state index in [4.69, 9.17) is 0 Å². The fraction of sp³-hybridized carbons (Fsp3) is 0.900. The highest BCUT2D eigenvalue weighted by atomic mass is 16.1. The van der Waals surface area contributed by atoms with Gasteiger partial charge >= 0.3 is 0 Å². The molecule has 2 unspecified atom stereocenters. The van der Waals surface area contributed by atoms with Crippen molar-refractivity contribution in [3.05, 3.63) is 0 Å². The number of hydrogen-bond acceptors (Lipinski definition) is 1. The lowest BCUT2D eigenvalue weighted by atomic mass is 9.86. The summed E-state index contributed by atoms with van der Waals surface area (Å²) in [6.45, 7) is 5.34. The van der Waals surface area contributed by atoms with Gasteiger partial charge in [0.25, 0.3) is 0 Å². The highest BCUT2D eigenvalue weighted by Crippen LogP contribution is 2.25. The molecule has 0 spiro atoms. The number of hydrogen-bond donors (Lipinski definition) is 1. The molecule has 1 amide bonds. The normalized spacial score (nSPS) is 27.5. The molecule has 1 N–H and O–H groups in total. The summed E-state index contributed by atoms with van der Waals surface area (Å²) in [5.41, 5.74) is 0. The Hall–Kier alpha value is -0.530. The van der Waals surface area contributed by atoms with Gasteiger partial charge < -0.3 is 5.32 Å². The number of amides is 1. The van der Waals surface area contributed by atoms with E-state index in [2.05, 4.69) is 19.2 Å². The standard InChI is InChI=1S/C10H19NO/c1-3-8(2)9-5-4-6-11-10(12)7-9/h8-9H,3-7H2,1-2H3,(H,11,12). The lowest BCUT2D eigenvalue weighted by Crippen LogP contribution is -2.23. The Morgan fingerprint density at radius 1 is 1.67 bits per heavy atom. The SMILES string of the molecule is CCC(C)C1CCCNC(=O)C1. The van der Waals surface area contributed by atoms with Crippen LogP contribution in [-0.2, 0) is 4.79 Å². The van der Waals surface area contributed by atoms with Gasteiger partial charge in [0.2, 0.25) is 5.91 Å². The highest BCUT2D eigenvalue weighted by molar-refractivity contribution is 5.76. The molecule has 70 valence electrons. The smallest absolute Gasteiger partial charge is 0.220 e. The van der Waals surface area contributed by atoms with Crippen LogP contribution in [0.4, 0.5) is 0 Å². The van der Waals surface area contributed by atoms with Gasteiger partial charge in [0.1, 0.15) is 0 Å². The fourth-order valence-corrected chi connectivity index (χ4v) is 1.82. The van der Waals surface area contributed by atoms with Crippen molar-refractivity contribution >= 4 is 5.91 Å². The van der Waals surface area contributed by atoms with Gasteiger partial charge in [-0.05, 0) is 24.7 Å². The van der Waals surface area contributed by atoms with Crippen LogP contribution in [0.25, 0.3) is 0 Å². The van der Waals surface area contributed by atoms with Crippen LogP contribution in [0, 0.1) is 11.8 Å². The molecule has 1 aliphatic heterocycles. The summed E-state index contributed by atoms with van der Waals surface area (Å²) in [4.78, 5) is 11.2. The lowest BCUT2D eigenvalue weighted by Gasteiger charge is -2.19. The first-order chi connectivity index (χ1) is 5.74. The van der Waals surface area contributed by atoms with Crippen molar-refractivity contribution in [2.75, 3.05) is 6.54 Å². The Balaban J connectivity index is 2.46. The molecule has 1 aliphatic rings. The summed E-state index contributed by atoms with van der Waals surface area (Å²) >= 11 is 0. The number of rotatable bonds is 2. The third-order valence-corrected chi connectivity index (χ3v) is 2.97. The molecule has 0 radical (unpaired) electrons. The number of nitrogens with one attached hydrogen (secondary N) is 1. The molecule has 2 atom stereocenters. The van der Waals surface area contributed by atoms with Gasteiger partial charge in [-0.25, -0.2) is 0 Å². The largest absolute Gasteiger partial charge is 0.356 e. The van der Waals surface area contributed by atoms with Crippen LogP contribution in [0.1, 0.15) is 39.5 Å². The summed E-state index contributed by atoms with van der Waals surface area (Å²) in [5.74, 6) is 1.57. The van der Waals surface area contributed by atoms with E-state index < -0.39 is 0 Å². The molecule has 1 saturated heterocycles. The van der Waals surface area contributed by atoms with Gasteiger partial charge in [0, 0.05) is 13.0 Å². The maximum Gasteiger partial charge on any atom is 0.220 e. The van der Waals surface area contributed by atoms with Crippen LogP contribution >= 0.6 is 0 Å². The fourth-order valence-electron chi connectivity index (χ4n) is 1.82. The Morgan fingerprint density at radius 2 is 2.42 bits per heavy atom. The first-order valence-corrected chi connectivity index (χ1v) is 5.00. The quantitative estimate of drug-likeness (QED) is 0.672. The van der Waals surface area contributed by atoms with Gasteiger partial charge in [-0.1, -0.05) is 20.3 Å². The van der Waals surface area contributed by atoms with Crippen molar-refractivity contribution in [1.82, 2.24) is 5.32 Å². The maximum atomic E-state index is 11.2. The van der Waals surface area contributed by atoms with Crippen LogP contribution in [0.3, 0.4) is 0 Å². The van der Waals surface area contributed by atoms with Crippen molar-refractivity contribution in [1.29, 1.82) is 0 Å². The predicted molar refractivity (Wildman–Crippen MR) is 49.8 cm³/mol. The zero-order chi connectivity index (χ0) is 8.97. The second-order valence-electron chi connectivity index (χ2n) is 3.84. The topological polar surface area (TPSA) is 29.1 Å². The molecule has 1 rings (SSSR count). The van der Waals surface area contributed by atoms with Gasteiger partial charge in [0.05, 0.1) is 0 Å². The summed E-state index contributed by atoms with van der Waals surface area (Å²) in [6.07, 6.45) is 4.31. The average Bonchev–Trinajstić information content (AvgIpc) is 2.28. The molecule has 0 aromatic heterocycles. The highest BCUT2D eigenvalue weighted by Gasteiger charge is 2.21. The first kappa shape index (κ1) is 9.56. The molecular formula is C10H19NO. The Bertz CT molecular complexity index is 156. The van der Waals surface area contributed by atoms with Gasteiger partial charge in [-0.2, -0.15) is 0 Å². The molecule has 12 heavy (non-hydrogen) atoms. The van der Waals surface area contributed by atoms with E-state index in [1.54, 1.807) is 0 Å². The van der Waals surface area contributed by atoms with Crippen LogP contribution in [0.2, 0.25) is 0 Å². The maximum absolute atomic E-state index is 11.2. The predicted octanol–water partition coefficient (Wildman–Crippen LogP) is 1.95.